The van der Waals surface area contributed by atoms with Gasteiger partial charge in [0.25, 0.3) is 5.91 Å². The van der Waals surface area contributed by atoms with Crippen molar-refractivity contribution in [2.45, 2.75) is 25.5 Å². The summed E-state index contributed by atoms with van der Waals surface area (Å²) in [4.78, 5) is 14.8. The second-order valence-electron chi connectivity index (χ2n) is 6.18. The van der Waals surface area contributed by atoms with Crippen molar-refractivity contribution in [3.8, 4) is 0 Å². The Hall–Kier alpha value is -0.970. The van der Waals surface area contributed by atoms with Crippen LogP contribution in [-0.4, -0.2) is 30.1 Å². The summed E-state index contributed by atoms with van der Waals surface area (Å²) in [5, 5.41) is 1.88. The fraction of sp³-hybridized carbons (Fsp3) is 0.316. The molecule has 1 amide bonds. The van der Waals surface area contributed by atoms with Gasteiger partial charge in [0.1, 0.15) is 0 Å². The first-order valence-corrected chi connectivity index (χ1v) is 9.75. The molecular formula is C19H17Cl4NO2. The van der Waals surface area contributed by atoms with Crippen molar-refractivity contribution in [2.75, 3.05) is 13.2 Å². The highest BCUT2D eigenvalue weighted by atomic mass is 35.5. The van der Waals surface area contributed by atoms with E-state index in [-0.39, 0.29) is 12.0 Å². The van der Waals surface area contributed by atoms with Gasteiger partial charge in [0.05, 0.1) is 16.7 Å². The lowest BCUT2D eigenvalue weighted by atomic mass is 10.1. The average molecular weight is 433 g/mol. The number of carbonyl (C=O) groups excluding carboxylic acids is 1. The monoisotopic (exact) mass is 431 g/mol. The number of halogens is 4. The van der Waals surface area contributed by atoms with E-state index in [2.05, 4.69) is 0 Å². The molecule has 0 saturated carbocycles. The fourth-order valence-electron chi connectivity index (χ4n) is 2.94. The zero-order valence-electron chi connectivity index (χ0n) is 13.9. The predicted octanol–water partition coefficient (Wildman–Crippen LogP) is 6.12. The Morgan fingerprint density at radius 2 is 1.73 bits per heavy atom. The molecule has 26 heavy (non-hydrogen) atoms. The van der Waals surface area contributed by atoms with E-state index in [1.165, 1.54) is 0 Å². The Bertz CT molecular complexity index is 806. The summed E-state index contributed by atoms with van der Waals surface area (Å²) in [6, 6.07) is 10.1. The Morgan fingerprint density at radius 1 is 1.04 bits per heavy atom. The fourth-order valence-corrected chi connectivity index (χ4v) is 3.90. The molecule has 1 atom stereocenters. The molecule has 0 unspecified atom stereocenters. The highest BCUT2D eigenvalue weighted by Crippen LogP contribution is 2.27. The lowest BCUT2D eigenvalue weighted by molar-refractivity contribution is 0.0507. The smallest absolute Gasteiger partial charge is 0.255 e. The first-order valence-electron chi connectivity index (χ1n) is 8.24. The van der Waals surface area contributed by atoms with Crippen molar-refractivity contribution in [3.05, 3.63) is 67.6 Å². The van der Waals surface area contributed by atoms with E-state index in [0.29, 0.717) is 38.7 Å². The van der Waals surface area contributed by atoms with E-state index in [4.69, 9.17) is 51.1 Å². The van der Waals surface area contributed by atoms with Crippen LogP contribution in [0.1, 0.15) is 28.8 Å². The van der Waals surface area contributed by atoms with Gasteiger partial charge in [-0.25, -0.2) is 0 Å². The standard InChI is InChI=1S/C19H17Cl4NO2/c20-13-4-3-12(17(22)8-13)10-24(11-15-2-1-7-26-15)19(25)16-6-5-14(21)9-18(16)23/h3-6,8-9,15H,1-2,7,10-11H2/t15-/m0/s1. The average Bonchev–Trinajstić information content (AvgIpc) is 3.09. The largest absolute Gasteiger partial charge is 0.376 e. The van der Waals surface area contributed by atoms with Crippen molar-refractivity contribution in [1.29, 1.82) is 0 Å². The molecule has 1 aliphatic rings. The zero-order chi connectivity index (χ0) is 18.7. The first-order chi connectivity index (χ1) is 12.4. The minimum atomic E-state index is -0.187. The summed E-state index contributed by atoms with van der Waals surface area (Å²) in [7, 11) is 0. The van der Waals surface area contributed by atoms with Crippen LogP contribution < -0.4 is 0 Å². The third-order valence-electron chi connectivity index (χ3n) is 4.27. The quantitative estimate of drug-likeness (QED) is 0.569. The molecule has 0 radical (unpaired) electrons. The molecule has 2 aromatic rings. The molecule has 2 aromatic carbocycles. The van der Waals surface area contributed by atoms with Gasteiger partial charge in [-0.1, -0.05) is 52.5 Å². The molecule has 0 bridgehead atoms. The van der Waals surface area contributed by atoms with Gasteiger partial charge in [-0.2, -0.15) is 0 Å². The van der Waals surface area contributed by atoms with Crippen LogP contribution in [0.5, 0.6) is 0 Å². The van der Waals surface area contributed by atoms with E-state index in [1.807, 2.05) is 6.07 Å². The molecule has 7 heteroatoms. The van der Waals surface area contributed by atoms with Crippen molar-refractivity contribution in [3.63, 3.8) is 0 Å². The molecule has 1 saturated heterocycles. The summed E-state index contributed by atoms with van der Waals surface area (Å²) < 4.78 is 5.70. The SMILES string of the molecule is O=C(c1ccc(Cl)cc1Cl)N(Cc1ccc(Cl)cc1Cl)C[C@@H]1CCCO1. The summed E-state index contributed by atoms with van der Waals surface area (Å²) in [6.45, 7) is 1.53. The van der Waals surface area contributed by atoms with Crippen LogP contribution in [-0.2, 0) is 11.3 Å². The number of rotatable bonds is 5. The van der Waals surface area contributed by atoms with E-state index >= 15 is 0 Å². The molecule has 0 N–H and O–H groups in total. The second kappa shape index (κ2) is 8.81. The maximum Gasteiger partial charge on any atom is 0.255 e. The first kappa shape index (κ1) is 19.8. The lowest BCUT2D eigenvalue weighted by Crippen LogP contribution is -2.37. The minimum Gasteiger partial charge on any atom is -0.376 e. The molecule has 0 aromatic heterocycles. The summed E-state index contributed by atoms with van der Waals surface area (Å²) in [6.07, 6.45) is 1.93. The second-order valence-corrected chi connectivity index (χ2v) is 7.87. The van der Waals surface area contributed by atoms with Crippen LogP contribution in [0.15, 0.2) is 36.4 Å². The number of ether oxygens (including phenoxy) is 1. The van der Waals surface area contributed by atoms with Crippen molar-refractivity contribution in [1.82, 2.24) is 4.90 Å². The Labute approximate surface area is 172 Å². The number of amides is 1. The summed E-state index contributed by atoms with van der Waals surface area (Å²) in [5.41, 5.74) is 1.21. The summed E-state index contributed by atoms with van der Waals surface area (Å²) >= 11 is 24.4. The van der Waals surface area contributed by atoms with Crippen LogP contribution in [0.4, 0.5) is 0 Å². The molecule has 1 aliphatic heterocycles. The lowest BCUT2D eigenvalue weighted by Gasteiger charge is -2.26. The van der Waals surface area contributed by atoms with Gasteiger partial charge in [0.15, 0.2) is 0 Å². The number of hydrogen-bond donors (Lipinski definition) is 0. The zero-order valence-corrected chi connectivity index (χ0v) is 16.9. The molecule has 1 heterocycles. The third-order valence-corrected chi connectivity index (χ3v) is 5.41. The van der Waals surface area contributed by atoms with Gasteiger partial charge in [0.2, 0.25) is 0 Å². The van der Waals surface area contributed by atoms with Crippen LogP contribution in [0, 0.1) is 0 Å². The molecule has 138 valence electrons. The molecule has 0 spiro atoms. The number of benzene rings is 2. The predicted molar refractivity (Wildman–Crippen MR) is 107 cm³/mol. The summed E-state index contributed by atoms with van der Waals surface area (Å²) in [5.74, 6) is -0.187. The van der Waals surface area contributed by atoms with Gasteiger partial charge in [0, 0.05) is 34.8 Å². The maximum atomic E-state index is 13.1. The Morgan fingerprint density at radius 3 is 2.35 bits per heavy atom. The third kappa shape index (κ3) is 4.85. The number of hydrogen-bond acceptors (Lipinski definition) is 2. The number of nitrogens with zero attached hydrogens (tertiary/aromatic N) is 1. The topological polar surface area (TPSA) is 29.5 Å². The van der Waals surface area contributed by atoms with Crippen LogP contribution in [0.3, 0.4) is 0 Å². The minimum absolute atomic E-state index is 0.0103. The van der Waals surface area contributed by atoms with Crippen molar-refractivity contribution >= 4 is 52.3 Å². The molecule has 3 nitrogen and oxygen atoms in total. The highest BCUT2D eigenvalue weighted by Gasteiger charge is 2.25. The maximum absolute atomic E-state index is 13.1. The molecular weight excluding hydrogens is 416 g/mol. The van der Waals surface area contributed by atoms with E-state index < -0.39 is 0 Å². The van der Waals surface area contributed by atoms with Crippen LogP contribution >= 0.6 is 46.4 Å². The van der Waals surface area contributed by atoms with Crippen molar-refractivity contribution < 1.29 is 9.53 Å². The molecule has 0 aliphatic carbocycles. The highest BCUT2D eigenvalue weighted by molar-refractivity contribution is 6.37. The van der Waals surface area contributed by atoms with Gasteiger partial charge >= 0.3 is 0 Å². The van der Waals surface area contributed by atoms with Crippen LogP contribution in [0.2, 0.25) is 20.1 Å². The normalized spacial score (nSPS) is 16.7. The van der Waals surface area contributed by atoms with E-state index in [0.717, 1.165) is 25.0 Å². The van der Waals surface area contributed by atoms with Gasteiger partial charge in [-0.05, 0) is 48.7 Å². The number of carbonyl (C=O) groups is 1. The van der Waals surface area contributed by atoms with Gasteiger partial charge in [-0.3, -0.25) is 4.79 Å². The molecule has 3 rings (SSSR count). The Balaban J connectivity index is 1.87. The Kier molecular flexibility index (Phi) is 6.70. The van der Waals surface area contributed by atoms with Gasteiger partial charge in [-0.15, -0.1) is 0 Å². The van der Waals surface area contributed by atoms with Gasteiger partial charge < -0.3 is 9.64 Å². The van der Waals surface area contributed by atoms with E-state index in [1.54, 1.807) is 35.2 Å². The van der Waals surface area contributed by atoms with Crippen LogP contribution in [0.25, 0.3) is 0 Å². The molecule has 1 fully saturated rings. The van der Waals surface area contributed by atoms with Crippen molar-refractivity contribution in [2.24, 2.45) is 0 Å². The van der Waals surface area contributed by atoms with E-state index in [9.17, 15) is 4.79 Å².